The molecular formula is C13H20N2O3. The van der Waals surface area contributed by atoms with Gasteiger partial charge in [0.2, 0.25) is 0 Å². The number of anilines is 1. The number of carbonyl (C=O) groups is 1. The monoisotopic (exact) mass is 252 g/mol. The van der Waals surface area contributed by atoms with E-state index in [9.17, 15) is 4.79 Å². The number of carboxylic acid groups (broad SMARTS) is 1. The van der Waals surface area contributed by atoms with Gasteiger partial charge in [-0.15, -0.1) is 0 Å². The lowest BCUT2D eigenvalue weighted by Crippen LogP contribution is -2.26. The van der Waals surface area contributed by atoms with Crippen LogP contribution in [0.2, 0.25) is 0 Å². The number of aromatic nitrogens is 1. The summed E-state index contributed by atoms with van der Waals surface area (Å²) in [6.07, 6.45) is 3.32. The summed E-state index contributed by atoms with van der Waals surface area (Å²) in [6, 6.07) is 1.86. The van der Waals surface area contributed by atoms with E-state index >= 15 is 0 Å². The second-order valence-corrected chi connectivity index (χ2v) is 4.26. The highest BCUT2D eigenvalue weighted by atomic mass is 16.5. The van der Waals surface area contributed by atoms with Gasteiger partial charge in [-0.1, -0.05) is 13.3 Å². The predicted molar refractivity (Wildman–Crippen MR) is 70.1 cm³/mol. The van der Waals surface area contributed by atoms with Crippen molar-refractivity contribution >= 4 is 11.7 Å². The van der Waals surface area contributed by atoms with Crippen molar-refractivity contribution in [3.63, 3.8) is 0 Å². The molecule has 0 spiro atoms. The maximum absolute atomic E-state index is 11.1. The van der Waals surface area contributed by atoms with Gasteiger partial charge in [-0.3, -0.25) is 4.98 Å². The molecule has 0 saturated carbocycles. The quantitative estimate of drug-likeness (QED) is 0.779. The predicted octanol–water partition coefficient (Wildman–Crippen LogP) is 2.32. The summed E-state index contributed by atoms with van der Waals surface area (Å²) >= 11 is 0. The summed E-state index contributed by atoms with van der Waals surface area (Å²) in [6.45, 7) is 4.47. The summed E-state index contributed by atoms with van der Waals surface area (Å²) in [7, 11) is 1.64. The number of nitrogens with one attached hydrogen (secondary N) is 1. The largest absolute Gasteiger partial charge is 0.478 e. The molecule has 5 heteroatoms. The first-order valence-corrected chi connectivity index (χ1v) is 6.03. The fraction of sp³-hybridized carbons (Fsp3) is 0.538. The van der Waals surface area contributed by atoms with Crippen molar-refractivity contribution < 1.29 is 14.6 Å². The van der Waals surface area contributed by atoms with Gasteiger partial charge in [-0.25, -0.2) is 4.79 Å². The third kappa shape index (κ3) is 4.00. The van der Waals surface area contributed by atoms with Crippen LogP contribution in [0.15, 0.2) is 12.3 Å². The number of ether oxygens (including phenoxy) is 1. The van der Waals surface area contributed by atoms with E-state index in [1.165, 1.54) is 6.20 Å². The van der Waals surface area contributed by atoms with Gasteiger partial charge in [-0.05, 0) is 19.4 Å². The fourth-order valence-electron chi connectivity index (χ4n) is 1.82. The van der Waals surface area contributed by atoms with Gasteiger partial charge in [0.15, 0.2) is 0 Å². The van der Waals surface area contributed by atoms with E-state index in [0.717, 1.165) is 18.5 Å². The molecule has 2 N–H and O–H groups in total. The smallest absolute Gasteiger partial charge is 0.339 e. The van der Waals surface area contributed by atoms with E-state index in [1.54, 1.807) is 13.2 Å². The van der Waals surface area contributed by atoms with Crippen LogP contribution in [-0.4, -0.2) is 35.8 Å². The molecule has 0 aliphatic carbocycles. The van der Waals surface area contributed by atoms with Crippen LogP contribution in [0.4, 0.5) is 5.69 Å². The second kappa shape index (κ2) is 6.96. The van der Waals surface area contributed by atoms with Gasteiger partial charge < -0.3 is 15.2 Å². The summed E-state index contributed by atoms with van der Waals surface area (Å²) in [5.74, 6) is -0.974. The number of carboxylic acids is 1. The summed E-state index contributed by atoms with van der Waals surface area (Å²) in [5.41, 5.74) is 1.58. The molecule has 0 amide bonds. The molecule has 0 bridgehead atoms. The molecule has 1 heterocycles. The molecule has 0 aliphatic heterocycles. The average molecular weight is 252 g/mol. The summed E-state index contributed by atoms with van der Waals surface area (Å²) in [5, 5.41) is 12.3. The van der Waals surface area contributed by atoms with Crippen molar-refractivity contribution in [2.75, 3.05) is 19.0 Å². The molecule has 5 nitrogen and oxygen atoms in total. The van der Waals surface area contributed by atoms with E-state index in [2.05, 4.69) is 17.2 Å². The minimum atomic E-state index is -0.974. The first kappa shape index (κ1) is 14.4. The Bertz CT molecular complexity index is 401. The molecule has 1 unspecified atom stereocenters. The van der Waals surface area contributed by atoms with Crippen LogP contribution < -0.4 is 5.32 Å². The lowest BCUT2D eigenvalue weighted by atomic mass is 10.1. The van der Waals surface area contributed by atoms with Crippen LogP contribution in [-0.2, 0) is 4.74 Å². The SMILES string of the molecule is CCCC(COC)Nc1cc(C)ncc1C(=O)O. The van der Waals surface area contributed by atoms with E-state index in [0.29, 0.717) is 12.3 Å². The van der Waals surface area contributed by atoms with Crippen LogP contribution in [0.3, 0.4) is 0 Å². The Labute approximate surface area is 107 Å². The molecule has 1 rings (SSSR count). The third-order valence-corrected chi connectivity index (χ3v) is 2.64. The third-order valence-electron chi connectivity index (χ3n) is 2.64. The van der Waals surface area contributed by atoms with Crippen LogP contribution in [0.1, 0.15) is 35.8 Å². The van der Waals surface area contributed by atoms with Gasteiger partial charge in [0.25, 0.3) is 0 Å². The fourth-order valence-corrected chi connectivity index (χ4v) is 1.82. The number of aryl methyl sites for hydroxylation is 1. The zero-order chi connectivity index (χ0) is 13.5. The Morgan fingerprint density at radius 1 is 1.61 bits per heavy atom. The standard InChI is InChI=1S/C13H20N2O3/c1-4-5-10(8-18-3)15-12-6-9(2)14-7-11(12)13(16)17/h6-7,10H,4-5,8H2,1-3H3,(H,14,15)(H,16,17). The van der Waals surface area contributed by atoms with E-state index in [-0.39, 0.29) is 11.6 Å². The van der Waals surface area contributed by atoms with E-state index in [1.807, 2.05) is 6.92 Å². The van der Waals surface area contributed by atoms with Crippen molar-refractivity contribution in [1.82, 2.24) is 4.98 Å². The highest BCUT2D eigenvalue weighted by Gasteiger charge is 2.14. The molecule has 0 fully saturated rings. The van der Waals surface area contributed by atoms with Crippen molar-refractivity contribution in [1.29, 1.82) is 0 Å². The van der Waals surface area contributed by atoms with Crippen molar-refractivity contribution in [3.05, 3.63) is 23.5 Å². The molecule has 0 aromatic carbocycles. The number of methoxy groups -OCH3 is 1. The maximum atomic E-state index is 11.1. The zero-order valence-corrected chi connectivity index (χ0v) is 11.1. The van der Waals surface area contributed by atoms with E-state index < -0.39 is 5.97 Å². The molecule has 0 radical (unpaired) electrons. The molecule has 1 aromatic rings. The topological polar surface area (TPSA) is 71.5 Å². The van der Waals surface area contributed by atoms with Crippen LogP contribution in [0, 0.1) is 6.92 Å². The van der Waals surface area contributed by atoms with Gasteiger partial charge in [0.05, 0.1) is 12.3 Å². The lowest BCUT2D eigenvalue weighted by molar-refractivity contribution is 0.0697. The molecule has 0 aliphatic rings. The lowest BCUT2D eigenvalue weighted by Gasteiger charge is -2.19. The van der Waals surface area contributed by atoms with Gasteiger partial charge in [-0.2, -0.15) is 0 Å². The summed E-state index contributed by atoms with van der Waals surface area (Å²) in [4.78, 5) is 15.1. The number of hydrogen-bond donors (Lipinski definition) is 2. The Hall–Kier alpha value is -1.62. The highest BCUT2D eigenvalue weighted by Crippen LogP contribution is 2.18. The highest BCUT2D eigenvalue weighted by molar-refractivity contribution is 5.93. The molecule has 100 valence electrons. The van der Waals surface area contributed by atoms with Crippen LogP contribution in [0.5, 0.6) is 0 Å². The molecular weight excluding hydrogens is 232 g/mol. The van der Waals surface area contributed by atoms with Crippen molar-refractivity contribution in [3.8, 4) is 0 Å². The number of pyridine rings is 1. The summed E-state index contributed by atoms with van der Waals surface area (Å²) < 4.78 is 5.13. The Morgan fingerprint density at radius 3 is 2.89 bits per heavy atom. The van der Waals surface area contributed by atoms with Gasteiger partial charge in [0, 0.05) is 25.0 Å². The maximum Gasteiger partial charge on any atom is 0.339 e. The average Bonchev–Trinajstić information content (AvgIpc) is 2.29. The molecule has 18 heavy (non-hydrogen) atoms. The molecule has 1 aromatic heterocycles. The number of rotatable bonds is 7. The molecule has 0 saturated heterocycles. The normalized spacial score (nSPS) is 12.2. The van der Waals surface area contributed by atoms with E-state index in [4.69, 9.17) is 9.84 Å². The second-order valence-electron chi connectivity index (χ2n) is 4.26. The Kier molecular flexibility index (Phi) is 5.58. The minimum Gasteiger partial charge on any atom is -0.478 e. The number of aromatic carboxylic acids is 1. The first-order valence-electron chi connectivity index (χ1n) is 6.03. The zero-order valence-electron chi connectivity index (χ0n) is 11.1. The van der Waals surface area contributed by atoms with Gasteiger partial charge in [0.1, 0.15) is 5.56 Å². The van der Waals surface area contributed by atoms with Crippen LogP contribution in [0.25, 0.3) is 0 Å². The van der Waals surface area contributed by atoms with Crippen molar-refractivity contribution in [2.45, 2.75) is 32.7 Å². The number of hydrogen-bond acceptors (Lipinski definition) is 4. The van der Waals surface area contributed by atoms with Crippen LogP contribution >= 0.6 is 0 Å². The van der Waals surface area contributed by atoms with Crippen molar-refractivity contribution in [2.24, 2.45) is 0 Å². The van der Waals surface area contributed by atoms with Gasteiger partial charge >= 0.3 is 5.97 Å². The molecule has 1 atom stereocenters. The number of nitrogens with zero attached hydrogens (tertiary/aromatic N) is 1. The Balaban J connectivity index is 2.92. The first-order chi connectivity index (χ1) is 8.58. The minimum absolute atomic E-state index is 0.111. The Morgan fingerprint density at radius 2 is 2.33 bits per heavy atom.